The molecule has 0 aliphatic carbocycles. The number of hydrogen-bond acceptors (Lipinski definition) is 6. The summed E-state index contributed by atoms with van der Waals surface area (Å²) >= 11 is 1.19. The zero-order valence-electron chi connectivity index (χ0n) is 16.4. The van der Waals surface area contributed by atoms with Crippen LogP contribution in [0.4, 0.5) is 23.2 Å². The molecule has 0 saturated heterocycles. The summed E-state index contributed by atoms with van der Waals surface area (Å²) in [6, 6.07) is 7.34. The molecule has 0 radical (unpaired) electrons. The molecule has 0 spiro atoms. The van der Waals surface area contributed by atoms with Gasteiger partial charge in [-0.3, -0.25) is 4.31 Å². The van der Waals surface area contributed by atoms with Crippen LogP contribution in [0.25, 0.3) is 0 Å². The van der Waals surface area contributed by atoms with Crippen molar-refractivity contribution >= 4 is 27.0 Å². The molecule has 0 bridgehead atoms. The van der Waals surface area contributed by atoms with Gasteiger partial charge in [0.25, 0.3) is 10.0 Å². The van der Waals surface area contributed by atoms with Gasteiger partial charge in [-0.1, -0.05) is 6.07 Å². The van der Waals surface area contributed by atoms with Gasteiger partial charge < -0.3 is 14.2 Å². The molecule has 0 N–H and O–H groups in total. The molecule has 12 heteroatoms. The van der Waals surface area contributed by atoms with Gasteiger partial charge in [-0.15, -0.1) is 11.3 Å². The average Bonchev–Trinajstić information content (AvgIpc) is 3.29. The number of hydrogen-bond donors (Lipinski definition) is 0. The molecule has 3 aromatic rings. The Labute approximate surface area is 184 Å². The summed E-state index contributed by atoms with van der Waals surface area (Å²) in [4.78, 5) is -1.25. The average molecular weight is 489 g/mol. The number of thiophene rings is 1. The normalized spacial score (nSPS) is 13.2. The van der Waals surface area contributed by atoms with Gasteiger partial charge in [0, 0.05) is 10.9 Å². The Morgan fingerprint density at radius 3 is 2.25 bits per heavy atom. The van der Waals surface area contributed by atoms with E-state index in [0.29, 0.717) is 21.5 Å². The maximum absolute atomic E-state index is 14.7. The lowest BCUT2D eigenvalue weighted by Gasteiger charge is -2.26. The summed E-state index contributed by atoms with van der Waals surface area (Å²) in [5.41, 5.74) is -0.0434. The zero-order valence-corrected chi connectivity index (χ0v) is 18.0. The number of benzene rings is 2. The van der Waals surface area contributed by atoms with Gasteiger partial charge in [-0.05, 0) is 23.6 Å². The number of sulfonamides is 1. The molecule has 1 aliphatic rings. The Kier molecular flexibility index (Phi) is 5.91. The highest BCUT2D eigenvalue weighted by Gasteiger charge is 2.38. The molecule has 0 unspecified atom stereocenters. The molecule has 4 rings (SSSR count). The van der Waals surface area contributed by atoms with Crippen molar-refractivity contribution < 1.29 is 40.2 Å². The van der Waals surface area contributed by atoms with Crippen LogP contribution < -0.4 is 18.5 Å². The largest absolute Gasteiger partial charge is 0.491 e. The van der Waals surface area contributed by atoms with Crippen LogP contribution in [0.1, 0.15) is 4.88 Å². The topological polar surface area (TPSA) is 65.1 Å². The van der Waals surface area contributed by atoms with E-state index in [0.717, 1.165) is 7.11 Å². The summed E-state index contributed by atoms with van der Waals surface area (Å²) < 4.78 is 101. The second kappa shape index (κ2) is 8.51. The molecule has 1 aliphatic heterocycles. The molecular weight excluding hydrogens is 474 g/mol. The fraction of sp³-hybridized carbons (Fsp3) is 0.200. The standard InChI is InChI=1S/C20H15F4NO5S2/c1-28-19-15(21)17(23)20(18(24)16(19)22)32(26,27)25(10-12-3-2-8-31-12)11-4-5-13-14(9-11)30-7-6-29-13/h2-5,8-9H,6-7,10H2,1H3. The monoisotopic (exact) mass is 489 g/mol. The Morgan fingerprint density at radius 1 is 1.00 bits per heavy atom. The third kappa shape index (κ3) is 3.73. The van der Waals surface area contributed by atoms with Crippen molar-refractivity contribution in [2.45, 2.75) is 11.4 Å². The van der Waals surface area contributed by atoms with Crippen LogP contribution in [0, 0.1) is 23.3 Å². The molecule has 170 valence electrons. The van der Waals surface area contributed by atoms with Gasteiger partial charge in [-0.25, -0.2) is 17.2 Å². The van der Waals surface area contributed by atoms with Crippen molar-refractivity contribution in [2.24, 2.45) is 0 Å². The first-order valence-corrected chi connectivity index (χ1v) is 11.4. The van der Waals surface area contributed by atoms with Crippen molar-refractivity contribution in [3.8, 4) is 17.2 Å². The smallest absolute Gasteiger partial charge is 0.270 e. The van der Waals surface area contributed by atoms with Crippen molar-refractivity contribution in [1.82, 2.24) is 0 Å². The van der Waals surface area contributed by atoms with E-state index in [1.54, 1.807) is 17.5 Å². The van der Waals surface area contributed by atoms with Crippen LogP contribution >= 0.6 is 11.3 Å². The van der Waals surface area contributed by atoms with E-state index in [4.69, 9.17) is 9.47 Å². The number of anilines is 1. The van der Waals surface area contributed by atoms with Crippen LogP contribution in [-0.2, 0) is 16.6 Å². The molecule has 0 amide bonds. The van der Waals surface area contributed by atoms with Crippen LogP contribution in [0.5, 0.6) is 17.2 Å². The number of methoxy groups -OCH3 is 1. The minimum atomic E-state index is -5.13. The summed E-state index contributed by atoms with van der Waals surface area (Å²) in [6.45, 7) is 0.157. The maximum atomic E-state index is 14.7. The summed E-state index contributed by atoms with van der Waals surface area (Å²) in [5.74, 6) is -8.88. The predicted octanol–water partition coefficient (Wildman–Crippen LogP) is 4.48. The van der Waals surface area contributed by atoms with Gasteiger partial charge in [0.1, 0.15) is 13.2 Å². The number of fused-ring (bicyclic) bond motifs is 1. The number of rotatable bonds is 6. The van der Waals surface area contributed by atoms with Gasteiger partial charge >= 0.3 is 0 Å². The minimum Gasteiger partial charge on any atom is -0.491 e. The lowest BCUT2D eigenvalue weighted by atomic mass is 10.2. The molecule has 0 saturated carbocycles. The van der Waals surface area contributed by atoms with Crippen molar-refractivity contribution in [1.29, 1.82) is 0 Å². The third-order valence-corrected chi connectivity index (χ3v) is 7.28. The van der Waals surface area contributed by atoms with Gasteiger partial charge in [0.15, 0.2) is 33.8 Å². The zero-order chi connectivity index (χ0) is 23.0. The molecule has 2 aromatic carbocycles. The number of halogens is 4. The van der Waals surface area contributed by atoms with E-state index in [9.17, 15) is 26.0 Å². The highest BCUT2D eigenvalue weighted by Crippen LogP contribution is 2.39. The lowest BCUT2D eigenvalue weighted by Crippen LogP contribution is -2.32. The lowest BCUT2D eigenvalue weighted by molar-refractivity contribution is 0.171. The van der Waals surface area contributed by atoms with Gasteiger partial charge in [-0.2, -0.15) is 8.78 Å². The minimum absolute atomic E-state index is 0.0434. The molecular formula is C20H15F4NO5S2. The highest BCUT2D eigenvalue weighted by atomic mass is 32.2. The summed E-state index contributed by atoms with van der Waals surface area (Å²) in [5, 5.41) is 1.68. The Hall–Kier alpha value is -2.99. The second-order valence-electron chi connectivity index (χ2n) is 6.54. The molecule has 0 fully saturated rings. The second-order valence-corrected chi connectivity index (χ2v) is 9.37. The van der Waals surface area contributed by atoms with Crippen molar-refractivity contribution in [3.63, 3.8) is 0 Å². The molecule has 6 nitrogen and oxygen atoms in total. The summed E-state index contributed by atoms with van der Waals surface area (Å²) in [6.07, 6.45) is 0. The van der Waals surface area contributed by atoms with Gasteiger partial charge in [0.2, 0.25) is 11.6 Å². The van der Waals surface area contributed by atoms with Crippen molar-refractivity contribution in [2.75, 3.05) is 24.6 Å². The number of ether oxygens (including phenoxy) is 3. The Balaban J connectivity index is 1.90. The van der Waals surface area contributed by atoms with Gasteiger partial charge in [0.05, 0.1) is 19.3 Å². The number of nitrogens with zero attached hydrogens (tertiary/aromatic N) is 1. The van der Waals surface area contributed by atoms with Crippen LogP contribution in [0.3, 0.4) is 0 Å². The van der Waals surface area contributed by atoms with E-state index >= 15 is 0 Å². The van der Waals surface area contributed by atoms with Crippen LogP contribution in [0.2, 0.25) is 0 Å². The van der Waals surface area contributed by atoms with E-state index in [1.807, 2.05) is 0 Å². The Bertz CT molecular complexity index is 1240. The van der Waals surface area contributed by atoms with E-state index in [1.165, 1.54) is 29.5 Å². The van der Waals surface area contributed by atoms with E-state index < -0.39 is 43.9 Å². The maximum Gasteiger partial charge on any atom is 0.270 e. The highest BCUT2D eigenvalue weighted by molar-refractivity contribution is 7.92. The molecule has 2 heterocycles. The first kappa shape index (κ1) is 22.2. The predicted molar refractivity (Wildman–Crippen MR) is 108 cm³/mol. The van der Waals surface area contributed by atoms with Crippen molar-refractivity contribution in [3.05, 3.63) is 63.9 Å². The fourth-order valence-corrected chi connectivity index (χ4v) is 5.48. The SMILES string of the molecule is COc1c(F)c(F)c(S(=O)(=O)N(Cc2cccs2)c2ccc3c(c2)OCCO3)c(F)c1F. The van der Waals surface area contributed by atoms with E-state index in [-0.39, 0.29) is 24.6 Å². The summed E-state index contributed by atoms with van der Waals surface area (Å²) in [7, 11) is -4.33. The van der Waals surface area contributed by atoms with Crippen LogP contribution in [-0.4, -0.2) is 28.7 Å². The first-order valence-electron chi connectivity index (χ1n) is 9.10. The Morgan fingerprint density at radius 2 is 1.66 bits per heavy atom. The first-order chi connectivity index (χ1) is 15.3. The van der Waals surface area contributed by atoms with Crippen LogP contribution in [0.15, 0.2) is 40.6 Å². The molecule has 32 heavy (non-hydrogen) atoms. The quantitative estimate of drug-likeness (QED) is 0.378. The fourth-order valence-electron chi connectivity index (χ4n) is 3.15. The third-order valence-electron chi connectivity index (χ3n) is 4.63. The van der Waals surface area contributed by atoms with E-state index in [2.05, 4.69) is 4.74 Å². The molecule has 0 atom stereocenters. The molecule has 1 aromatic heterocycles.